The summed E-state index contributed by atoms with van der Waals surface area (Å²) in [5.74, 6) is 0.825. The molecule has 8 heteroatoms. The van der Waals surface area contributed by atoms with Gasteiger partial charge in [0.15, 0.2) is 0 Å². The van der Waals surface area contributed by atoms with Crippen LogP contribution in [0.5, 0.6) is 11.5 Å². The predicted molar refractivity (Wildman–Crippen MR) is 94.5 cm³/mol. The van der Waals surface area contributed by atoms with Gasteiger partial charge in [-0.3, -0.25) is 4.79 Å². The van der Waals surface area contributed by atoms with E-state index in [4.69, 9.17) is 9.47 Å². The first kappa shape index (κ1) is 19.5. The minimum Gasteiger partial charge on any atom is -0.496 e. The standard InChI is InChI=1S/C17H26N2O5S/c1-12(2)17(20)18-8-10-19(11-9-18)25(21,22)15-7-6-14(23-4)13(3)16(15)24-5/h6-7,12H,8-11H2,1-5H3. The van der Waals surface area contributed by atoms with E-state index in [2.05, 4.69) is 0 Å². The van der Waals surface area contributed by atoms with Crippen LogP contribution in [-0.2, 0) is 14.8 Å². The van der Waals surface area contributed by atoms with Crippen molar-refractivity contribution in [1.29, 1.82) is 0 Å². The molecule has 0 saturated carbocycles. The third-order valence-corrected chi connectivity index (χ3v) is 6.33. The summed E-state index contributed by atoms with van der Waals surface area (Å²) in [6.45, 7) is 6.79. The van der Waals surface area contributed by atoms with E-state index in [1.165, 1.54) is 24.6 Å². The quantitative estimate of drug-likeness (QED) is 0.785. The lowest BCUT2D eigenvalue weighted by Gasteiger charge is -2.35. The Balaban J connectivity index is 2.26. The molecule has 1 aliphatic heterocycles. The molecule has 25 heavy (non-hydrogen) atoms. The van der Waals surface area contributed by atoms with E-state index in [9.17, 15) is 13.2 Å². The zero-order valence-corrected chi connectivity index (χ0v) is 16.2. The van der Waals surface area contributed by atoms with E-state index < -0.39 is 10.0 Å². The third kappa shape index (κ3) is 3.74. The number of amides is 1. The van der Waals surface area contributed by atoms with Crippen LogP contribution in [-0.4, -0.2) is 63.9 Å². The van der Waals surface area contributed by atoms with Crippen molar-refractivity contribution in [1.82, 2.24) is 9.21 Å². The van der Waals surface area contributed by atoms with Gasteiger partial charge in [0.1, 0.15) is 16.4 Å². The number of nitrogens with zero attached hydrogens (tertiary/aromatic N) is 2. The van der Waals surface area contributed by atoms with Gasteiger partial charge in [-0.05, 0) is 19.1 Å². The number of ether oxygens (including phenoxy) is 2. The molecule has 7 nitrogen and oxygen atoms in total. The molecule has 0 bridgehead atoms. The van der Waals surface area contributed by atoms with Gasteiger partial charge in [-0.15, -0.1) is 0 Å². The minimum atomic E-state index is -3.71. The van der Waals surface area contributed by atoms with Crippen LogP contribution in [0.1, 0.15) is 19.4 Å². The van der Waals surface area contributed by atoms with Gasteiger partial charge in [-0.1, -0.05) is 13.8 Å². The van der Waals surface area contributed by atoms with Gasteiger partial charge in [0.25, 0.3) is 0 Å². The summed E-state index contributed by atoms with van der Waals surface area (Å²) in [6.07, 6.45) is 0. The van der Waals surface area contributed by atoms with E-state index in [0.717, 1.165) is 0 Å². The van der Waals surface area contributed by atoms with Crippen molar-refractivity contribution in [2.45, 2.75) is 25.7 Å². The van der Waals surface area contributed by atoms with Gasteiger partial charge in [0.05, 0.1) is 14.2 Å². The maximum absolute atomic E-state index is 13.0. The molecular formula is C17H26N2O5S. The van der Waals surface area contributed by atoms with E-state index >= 15 is 0 Å². The molecule has 1 amide bonds. The Kier molecular flexibility index (Phi) is 5.95. The smallest absolute Gasteiger partial charge is 0.246 e. The summed E-state index contributed by atoms with van der Waals surface area (Å²) in [5.41, 5.74) is 0.639. The van der Waals surface area contributed by atoms with Crippen molar-refractivity contribution in [3.8, 4) is 11.5 Å². The summed E-state index contributed by atoms with van der Waals surface area (Å²) >= 11 is 0. The van der Waals surface area contributed by atoms with Gasteiger partial charge < -0.3 is 14.4 Å². The minimum absolute atomic E-state index is 0.0509. The second kappa shape index (κ2) is 7.61. The molecule has 1 aromatic rings. The second-order valence-electron chi connectivity index (χ2n) is 6.31. The Bertz CT molecular complexity index is 738. The fraction of sp³-hybridized carbons (Fsp3) is 0.588. The SMILES string of the molecule is COc1ccc(S(=O)(=O)N2CCN(C(=O)C(C)C)CC2)c(OC)c1C. The topological polar surface area (TPSA) is 76.2 Å². The zero-order valence-electron chi connectivity index (χ0n) is 15.4. The van der Waals surface area contributed by atoms with E-state index in [-0.39, 0.29) is 29.8 Å². The van der Waals surface area contributed by atoms with Crippen molar-refractivity contribution >= 4 is 15.9 Å². The molecule has 0 N–H and O–H groups in total. The van der Waals surface area contributed by atoms with Crippen LogP contribution in [0.15, 0.2) is 17.0 Å². The molecule has 0 aromatic heterocycles. The van der Waals surface area contributed by atoms with Crippen LogP contribution in [0.2, 0.25) is 0 Å². The molecule has 1 aliphatic rings. The maximum atomic E-state index is 13.0. The molecule has 0 radical (unpaired) electrons. The van der Waals surface area contributed by atoms with Crippen molar-refractivity contribution < 1.29 is 22.7 Å². The van der Waals surface area contributed by atoms with E-state index in [0.29, 0.717) is 30.2 Å². The summed E-state index contributed by atoms with van der Waals surface area (Å²) < 4.78 is 38.0. The number of carbonyl (C=O) groups is 1. The van der Waals surface area contributed by atoms with E-state index in [1.54, 1.807) is 17.9 Å². The van der Waals surface area contributed by atoms with E-state index in [1.807, 2.05) is 13.8 Å². The molecule has 0 atom stereocenters. The Morgan fingerprint density at radius 1 is 1.08 bits per heavy atom. The Morgan fingerprint density at radius 3 is 2.16 bits per heavy atom. The Labute approximate surface area is 149 Å². The molecule has 1 aromatic carbocycles. The van der Waals surface area contributed by atoms with Crippen LogP contribution in [0.25, 0.3) is 0 Å². The summed E-state index contributed by atoms with van der Waals surface area (Å²) in [4.78, 5) is 13.9. The van der Waals surface area contributed by atoms with Crippen LogP contribution < -0.4 is 9.47 Å². The largest absolute Gasteiger partial charge is 0.496 e. The van der Waals surface area contributed by atoms with Crippen LogP contribution in [0.3, 0.4) is 0 Å². The van der Waals surface area contributed by atoms with Gasteiger partial charge in [0.2, 0.25) is 15.9 Å². The molecule has 2 rings (SSSR count). The molecular weight excluding hydrogens is 344 g/mol. The molecule has 0 aliphatic carbocycles. The second-order valence-corrected chi connectivity index (χ2v) is 8.21. The predicted octanol–water partition coefficient (Wildman–Crippen LogP) is 1.50. The van der Waals surface area contributed by atoms with Crippen molar-refractivity contribution in [3.05, 3.63) is 17.7 Å². The van der Waals surface area contributed by atoms with Gasteiger partial charge in [-0.25, -0.2) is 8.42 Å². The highest BCUT2D eigenvalue weighted by Crippen LogP contribution is 2.35. The van der Waals surface area contributed by atoms with Crippen LogP contribution in [0.4, 0.5) is 0 Å². The lowest BCUT2D eigenvalue weighted by molar-refractivity contribution is -0.135. The summed E-state index contributed by atoms with van der Waals surface area (Å²) in [5, 5.41) is 0. The number of sulfonamides is 1. The summed E-state index contributed by atoms with van der Waals surface area (Å²) in [6, 6.07) is 3.13. The fourth-order valence-corrected chi connectivity index (χ4v) is 4.61. The monoisotopic (exact) mass is 370 g/mol. The third-order valence-electron chi connectivity index (χ3n) is 4.41. The first-order valence-corrected chi connectivity index (χ1v) is 9.68. The zero-order chi connectivity index (χ0) is 18.8. The van der Waals surface area contributed by atoms with Crippen LogP contribution >= 0.6 is 0 Å². The molecule has 0 unspecified atom stereocenters. The lowest BCUT2D eigenvalue weighted by atomic mass is 10.2. The molecule has 0 spiro atoms. The Morgan fingerprint density at radius 2 is 1.68 bits per heavy atom. The van der Waals surface area contributed by atoms with Gasteiger partial charge >= 0.3 is 0 Å². The van der Waals surface area contributed by atoms with Crippen molar-refractivity contribution in [2.24, 2.45) is 5.92 Å². The number of methoxy groups -OCH3 is 2. The normalized spacial score (nSPS) is 16.2. The fourth-order valence-electron chi connectivity index (χ4n) is 2.98. The molecule has 140 valence electrons. The molecule has 1 saturated heterocycles. The Hall–Kier alpha value is -1.80. The highest BCUT2D eigenvalue weighted by molar-refractivity contribution is 7.89. The van der Waals surface area contributed by atoms with Gasteiger partial charge in [0, 0.05) is 37.7 Å². The first-order valence-electron chi connectivity index (χ1n) is 8.24. The maximum Gasteiger partial charge on any atom is 0.246 e. The number of hydrogen-bond acceptors (Lipinski definition) is 5. The van der Waals surface area contributed by atoms with Crippen molar-refractivity contribution in [3.63, 3.8) is 0 Å². The van der Waals surface area contributed by atoms with Gasteiger partial charge in [-0.2, -0.15) is 4.31 Å². The molecule has 1 fully saturated rings. The summed E-state index contributed by atoms with van der Waals surface area (Å²) in [7, 11) is -0.734. The first-order chi connectivity index (χ1) is 11.7. The average Bonchev–Trinajstić information content (AvgIpc) is 2.60. The number of carbonyl (C=O) groups excluding carboxylic acids is 1. The van der Waals surface area contributed by atoms with Crippen molar-refractivity contribution in [2.75, 3.05) is 40.4 Å². The number of benzene rings is 1. The number of rotatable bonds is 5. The highest BCUT2D eigenvalue weighted by Gasteiger charge is 2.33. The average molecular weight is 370 g/mol. The highest BCUT2D eigenvalue weighted by atomic mass is 32.2. The number of hydrogen-bond donors (Lipinski definition) is 0. The number of piperazine rings is 1. The lowest BCUT2D eigenvalue weighted by Crippen LogP contribution is -2.51. The molecule has 1 heterocycles. The van der Waals surface area contributed by atoms with Crippen LogP contribution in [0, 0.1) is 12.8 Å².